The normalized spacial score (nSPS) is 24.8. The monoisotopic (exact) mass is 299 g/mol. The number of amides is 3. The van der Waals surface area contributed by atoms with Gasteiger partial charge in [-0.05, 0) is 12.8 Å². The van der Waals surface area contributed by atoms with Crippen molar-refractivity contribution in [3.05, 3.63) is 0 Å². The number of ether oxygens (including phenoxy) is 1. The Kier molecular flexibility index (Phi) is 4.66. The van der Waals surface area contributed by atoms with Crippen LogP contribution in [0, 0.1) is 0 Å². The van der Waals surface area contributed by atoms with E-state index in [-0.39, 0.29) is 37.6 Å². The van der Waals surface area contributed by atoms with Crippen LogP contribution in [0.25, 0.3) is 0 Å². The fourth-order valence-electron chi connectivity index (χ4n) is 2.42. The summed E-state index contributed by atoms with van der Waals surface area (Å²) in [7, 11) is 2.98. The summed E-state index contributed by atoms with van der Waals surface area (Å²) in [5.41, 5.74) is 0. The van der Waals surface area contributed by atoms with Crippen LogP contribution in [0.15, 0.2) is 0 Å². The van der Waals surface area contributed by atoms with Gasteiger partial charge in [-0.2, -0.15) is 0 Å². The predicted octanol–water partition coefficient (Wildman–Crippen LogP) is -0.509. The molecular formula is C13H21N3O5. The van der Waals surface area contributed by atoms with E-state index in [1.807, 2.05) is 0 Å². The highest BCUT2D eigenvalue weighted by Crippen LogP contribution is 2.22. The Labute approximate surface area is 123 Å². The van der Waals surface area contributed by atoms with Crippen LogP contribution in [0.1, 0.15) is 19.3 Å². The number of nitrogens with one attached hydrogen (secondary N) is 1. The minimum Gasteiger partial charge on any atom is -0.480 e. The highest BCUT2D eigenvalue weighted by molar-refractivity contribution is 5.87. The Morgan fingerprint density at radius 1 is 1.38 bits per heavy atom. The van der Waals surface area contributed by atoms with Crippen molar-refractivity contribution < 1.29 is 24.2 Å². The maximum absolute atomic E-state index is 12.3. The first kappa shape index (κ1) is 15.6. The van der Waals surface area contributed by atoms with Crippen LogP contribution < -0.4 is 5.32 Å². The Morgan fingerprint density at radius 3 is 2.57 bits per heavy atom. The zero-order chi connectivity index (χ0) is 15.6. The van der Waals surface area contributed by atoms with Crippen molar-refractivity contribution in [3.8, 4) is 0 Å². The van der Waals surface area contributed by atoms with E-state index >= 15 is 0 Å². The molecule has 0 radical (unpaired) electrons. The number of methoxy groups -OCH3 is 1. The van der Waals surface area contributed by atoms with Gasteiger partial charge < -0.3 is 25.0 Å². The first-order valence-corrected chi connectivity index (χ1v) is 6.99. The molecule has 2 N–H and O–H groups in total. The van der Waals surface area contributed by atoms with Crippen molar-refractivity contribution in [1.82, 2.24) is 15.1 Å². The number of urea groups is 1. The van der Waals surface area contributed by atoms with Gasteiger partial charge in [0.25, 0.3) is 0 Å². The van der Waals surface area contributed by atoms with E-state index < -0.39 is 18.0 Å². The molecule has 21 heavy (non-hydrogen) atoms. The quantitative estimate of drug-likeness (QED) is 0.712. The zero-order valence-corrected chi connectivity index (χ0v) is 12.2. The summed E-state index contributed by atoms with van der Waals surface area (Å²) in [5, 5.41) is 12.0. The topological polar surface area (TPSA) is 99.2 Å². The molecule has 2 unspecified atom stereocenters. The van der Waals surface area contributed by atoms with Gasteiger partial charge in [-0.15, -0.1) is 0 Å². The van der Waals surface area contributed by atoms with E-state index in [1.54, 1.807) is 0 Å². The van der Waals surface area contributed by atoms with Gasteiger partial charge in [0.15, 0.2) is 0 Å². The third-order valence-corrected chi connectivity index (χ3v) is 3.78. The second-order valence-electron chi connectivity index (χ2n) is 5.58. The summed E-state index contributed by atoms with van der Waals surface area (Å²) in [4.78, 5) is 37.7. The standard InChI is InChI=1S/C13H21N3O5/c1-15(7-11(17)14-8-3-4-8)13(20)16-6-9(21-2)5-10(16)12(18)19/h8-10H,3-7H2,1-2H3,(H,14,17)(H,18,19). The molecule has 0 spiro atoms. The van der Waals surface area contributed by atoms with Crippen molar-refractivity contribution >= 4 is 17.9 Å². The van der Waals surface area contributed by atoms with Crippen LogP contribution in [0.3, 0.4) is 0 Å². The number of likely N-dealkylation sites (N-methyl/N-ethyl adjacent to an activating group) is 1. The predicted molar refractivity (Wildman–Crippen MR) is 72.7 cm³/mol. The lowest BCUT2D eigenvalue weighted by molar-refractivity contribution is -0.141. The summed E-state index contributed by atoms with van der Waals surface area (Å²) in [6.07, 6.45) is 1.93. The van der Waals surface area contributed by atoms with Gasteiger partial charge in [0.05, 0.1) is 6.10 Å². The third kappa shape index (κ3) is 3.84. The fraction of sp³-hybridized carbons (Fsp3) is 0.769. The SMILES string of the molecule is COC1CC(C(=O)O)N(C(=O)N(C)CC(=O)NC2CC2)C1. The number of hydrogen-bond acceptors (Lipinski definition) is 4. The molecule has 2 rings (SSSR count). The van der Waals surface area contributed by atoms with E-state index in [4.69, 9.17) is 4.74 Å². The van der Waals surface area contributed by atoms with Gasteiger partial charge in [-0.1, -0.05) is 0 Å². The van der Waals surface area contributed by atoms with Gasteiger partial charge in [0, 0.05) is 33.2 Å². The van der Waals surface area contributed by atoms with Crippen LogP contribution in [-0.4, -0.2) is 78.2 Å². The molecule has 1 heterocycles. The Morgan fingerprint density at radius 2 is 2.05 bits per heavy atom. The van der Waals surface area contributed by atoms with Crippen molar-refractivity contribution in [2.45, 2.75) is 37.5 Å². The lowest BCUT2D eigenvalue weighted by atomic mass is 10.2. The number of likely N-dealkylation sites (tertiary alicyclic amines) is 1. The van der Waals surface area contributed by atoms with Gasteiger partial charge >= 0.3 is 12.0 Å². The summed E-state index contributed by atoms with van der Waals surface area (Å²) in [6.45, 7) is 0.150. The lowest BCUT2D eigenvalue weighted by Gasteiger charge is -2.27. The Bertz CT molecular complexity index is 438. The molecular weight excluding hydrogens is 278 g/mol. The molecule has 0 aromatic carbocycles. The van der Waals surface area contributed by atoms with Gasteiger partial charge in [0.1, 0.15) is 12.6 Å². The average Bonchev–Trinajstić information content (AvgIpc) is 3.12. The molecule has 8 heteroatoms. The lowest BCUT2D eigenvalue weighted by Crippen LogP contribution is -2.49. The maximum Gasteiger partial charge on any atom is 0.326 e. The van der Waals surface area contributed by atoms with Crippen LogP contribution in [0.2, 0.25) is 0 Å². The van der Waals surface area contributed by atoms with Crippen molar-refractivity contribution in [1.29, 1.82) is 0 Å². The molecule has 0 aromatic heterocycles. The number of carbonyl (C=O) groups is 3. The van der Waals surface area contributed by atoms with E-state index in [0.717, 1.165) is 12.8 Å². The molecule has 0 bridgehead atoms. The van der Waals surface area contributed by atoms with E-state index in [1.165, 1.54) is 24.0 Å². The van der Waals surface area contributed by atoms with Crippen LogP contribution in [0.5, 0.6) is 0 Å². The first-order valence-electron chi connectivity index (χ1n) is 6.99. The summed E-state index contributed by atoms with van der Waals surface area (Å²) < 4.78 is 5.14. The first-order chi connectivity index (χ1) is 9.92. The summed E-state index contributed by atoms with van der Waals surface area (Å²) in [6, 6.07) is -1.14. The second-order valence-corrected chi connectivity index (χ2v) is 5.58. The number of rotatable bonds is 5. The van der Waals surface area contributed by atoms with E-state index in [9.17, 15) is 19.5 Å². The number of hydrogen-bond donors (Lipinski definition) is 2. The molecule has 1 saturated carbocycles. The van der Waals surface area contributed by atoms with E-state index in [0.29, 0.717) is 0 Å². The Balaban J connectivity index is 1.92. The van der Waals surface area contributed by atoms with Crippen molar-refractivity contribution in [2.75, 3.05) is 27.2 Å². The van der Waals surface area contributed by atoms with Gasteiger partial charge in [0.2, 0.25) is 5.91 Å². The highest BCUT2D eigenvalue weighted by atomic mass is 16.5. The number of carbonyl (C=O) groups excluding carboxylic acids is 2. The van der Waals surface area contributed by atoms with Crippen molar-refractivity contribution in [2.24, 2.45) is 0 Å². The molecule has 2 atom stereocenters. The van der Waals surface area contributed by atoms with Gasteiger partial charge in [-0.3, -0.25) is 4.79 Å². The molecule has 3 amide bonds. The fourth-order valence-corrected chi connectivity index (χ4v) is 2.42. The van der Waals surface area contributed by atoms with Crippen LogP contribution >= 0.6 is 0 Å². The zero-order valence-electron chi connectivity index (χ0n) is 12.2. The molecule has 2 aliphatic rings. The molecule has 118 valence electrons. The second kappa shape index (κ2) is 6.30. The molecule has 1 saturated heterocycles. The van der Waals surface area contributed by atoms with Crippen molar-refractivity contribution in [3.63, 3.8) is 0 Å². The number of carboxylic acid groups (broad SMARTS) is 1. The average molecular weight is 299 g/mol. The smallest absolute Gasteiger partial charge is 0.326 e. The van der Waals surface area contributed by atoms with Crippen LogP contribution in [-0.2, 0) is 14.3 Å². The minimum absolute atomic E-state index is 0.0736. The molecule has 0 aromatic rings. The third-order valence-electron chi connectivity index (χ3n) is 3.78. The number of aliphatic carboxylic acids is 1. The number of carboxylic acids is 1. The minimum atomic E-state index is -1.06. The number of nitrogens with zero attached hydrogens (tertiary/aromatic N) is 2. The van der Waals surface area contributed by atoms with Crippen LogP contribution in [0.4, 0.5) is 4.79 Å². The van der Waals surface area contributed by atoms with Gasteiger partial charge in [-0.25, -0.2) is 9.59 Å². The molecule has 8 nitrogen and oxygen atoms in total. The molecule has 2 fully saturated rings. The highest BCUT2D eigenvalue weighted by Gasteiger charge is 2.41. The maximum atomic E-state index is 12.3. The Hall–Kier alpha value is -1.83. The molecule has 1 aliphatic carbocycles. The summed E-state index contributed by atoms with van der Waals surface area (Å²) >= 11 is 0. The largest absolute Gasteiger partial charge is 0.480 e. The summed E-state index contributed by atoms with van der Waals surface area (Å²) in [5.74, 6) is -1.28. The van der Waals surface area contributed by atoms with E-state index in [2.05, 4.69) is 5.32 Å². The molecule has 1 aliphatic heterocycles.